The molecule has 4 amide bonds. The van der Waals surface area contributed by atoms with E-state index in [1.54, 1.807) is 6.92 Å². The number of carbonyl (C=O) groups is 3. The Morgan fingerprint density at radius 1 is 1.16 bits per heavy atom. The van der Waals surface area contributed by atoms with Gasteiger partial charge >= 0.3 is 6.03 Å². The molecule has 3 N–H and O–H groups in total. The van der Waals surface area contributed by atoms with Crippen LogP contribution in [-0.2, 0) is 24.3 Å². The molecule has 1 aliphatic carbocycles. The van der Waals surface area contributed by atoms with Crippen molar-refractivity contribution in [3.05, 3.63) is 29.6 Å². The van der Waals surface area contributed by atoms with Crippen LogP contribution in [0.1, 0.15) is 44.2 Å². The molecule has 0 spiro atoms. The quantitative estimate of drug-likeness (QED) is 0.307. The summed E-state index contributed by atoms with van der Waals surface area (Å²) in [5.41, 5.74) is 0.577. The summed E-state index contributed by atoms with van der Waals surface area (Å²) in [6, 6.07) is 2.76. The molecule has 1 aromatic rings. The number of imide groups is 2. The third-order valence-corrected chi connectivity index (χ3v) is 6.56. The van der Waals surface area contributed by atoms with Gasteiger partial charge in [0.25, 0.3) is 11.8 Å². The van der Waals surface area contributed by atoms with Crippen LogP contribution < -0.4 is 20.1 Å². The van der Waals surface area contributed by atoms with Crippen LogP contribution in [0.25, 0.3) is 0 Å². The van der Waals surface area contributed by atoms with Crippen molar-refractivity contribution in [2.24, 2.45) is 5.92 Å². The Balaban J connectivity index is 1.42. The molecule has 176 valence electrons. The number of hydrogen-bond donors (Lipinski definition) is 3. The maximum absolute atomic E-state index is 13.9. The maximum atomic E-state index is 13.9. The standard InChI is InChI=1S/C20H26FN3O7S/c1-12(14-6-7-15(21)16(10-14)31-11-13-4-5-13)24-32(28,29)9-3-2-8-30-17-18(25)22-20(27)23-19(17)26/h6-7,10,12-13,17,24H,2-5,8-9,11H2,1H3,(H2,22,23,25,26,27)/t12-/m1/s1. The molecular weight excluding hydrogens is 445 g/mol. The summed E-state index contributed by atoms with van der Waals surface area (Å²) in [5.74, 6) is -1.84. The van der Waals surface area contributed by atoms with E-state index >= 15 is 0 Å². The monoisotopic (exact) mass is 471 g/mol. The number of sulfonamides is 1. The number of ether oxygens (including phenoxy) is 2. The van der Waals surface area contributed by atoms with Crippen LogP contribution in [-0.4, -0.2) is 51.3 Å². The number of halogens is 1. The molecule has 3 rings (SSSR count). The molecule has 2 aliphatic rings. The Bertz CT molecular complexity index is 961. The molecule has 0 radical (unpaired) electrons. The van der Waals surface area contributed by atoms with Gasteiger partial charge in [0.15, 0.2) is 11.6 Å². The third-order valence-electron chi connectivity index (χ3n) is 5.02. The molecule has 32 heavy (non-hydrogen) atoms. The van der Waals surface area contributed by atoms with Crippen molar-refractivity contribution in [2.75, 3.05) is 19.0 Å². The predicted molar refractivity (Wildman–Crippen MR) is 111 cm³/mol. The highest BCUT2D eigenvalue weighted by Gasteiger charge is 2.34. The fourth-order valence-corrected chi connectivity index (χ4v) is 4.42. The summed E-state index contributed by atoms with van der Waals surface area (Å²) in [6.45, 7) is 2.06. The molecule has 1 aromatic carbocycles. The third kappa shape index (κ3) is 6.97. The second-order valence-electron chi connectivity index (χ2n) is 7.87. The first-order valence-electron chi connectivity index (χ1n) is 10.3. The zero-order valence-electron chi connectivity index (χ0n) is 17.6. The average Bonchev–Trinajstić information content (AvgIpc) is 3.52. The summed E-state index contributed by atoms with van der Waals surface area (Å²) >= 11 is 0. The van der Waals surface area contributed by atoms with E-state index in [0.29, 0.717) is 18.1 Å². The zero-order chi connectivity index (χ0) is 23.3. The minimum atomic E-state index is -3.65. The second-order valence-corrected chi connectivity index (χ2v) is 9.74. The van der Waals surface area contributed by atoms with E-state index in [4.69, 9.17) is 9.47 Å². The summed E-state index contributed by atoms with van der Waals surface area (Å²) in [7, 11) is -3.65. The van der Waals surface area contributed by atoms with Gasteiger partial charge in [0.05, 0.1) is 12.4 Å². The van der Waals surface area contributed by atoms with E-state index in [9.17, 15) is 27.2 Å². The lowest BCUT2D eigenvalue weighted by atomic mass is 10.1. The van der Waals surface area contributed by atoms with Crippen LogP contribution in [0, 0.1) is 11.7 Å². The number of barbiturate groups is 1. The van der Waals surface area contributed by atoms with E-state index in [-0.39, 0.29) is 31.0 Å². The van der Waals surface area contributed by atoms with Gasteiger partial charge in [-0.05, 0) is 56.2 Å². The van der Waals surface area contributed by atoms with Gasteiger partial charge in [0.2, 0.25) is 16.1 Å². The molecule has 10 nitrogen and oxygen atoms in total. The minimum absolute atomic E-state index is 0.0373. The van der Waals surface area contributed by atoms with Gasteiger partial charge in [-0.2, -0.15) is 0 Å². The van der Waals surface area contributed by atoms with Crippen molar-refractivity contribution in [2.45, 2.75) is 44.8 Å². The van der Waals surface area contributed by atoms with Crippen molar-refractivity contribution >= 4 is 27.9 Å². The number of amides is 4. The van der Waals surface area contributed by atoms with Crippen LogP contribution in [0.4, 0.5) is 9.18 Å². The summed E-state index contributed by atoms with van der Waals surface area (Å²) in [5, 5.41) is 3.83. The lowest BCUT2D eigenvalue weighted by Gasteiger charge is -2.20. The van der Waals surface area contributed by atoms with Gasteiger partial charge in [-0.25, -0.2) is 22.3 Å². The Morgan fingerprint density at radius 3 is 2.50 bits per heavy atom. The Kier molecular flexibility index (Phi) is 7.80. The Morgan fingerprint density at radius 2 is 1.84 bits per heavy atom. The molecule has 1 aliphatic heterocycles. The van der Waals surface area contributed by atoms with Gasteiger partial charge < -0.3 is 9.47 Å². The highest BCUT2D eigenvalue weighted by Crippen LogP contribution is 2.31. The zero-order valence-corrected chi connectivity index (χ0v) is 18.4. The fourth-order valence-electron chi connectivity index (χ4n) is 3.04. The van der Waals surface area contributed by atoms with Crippen LogP contribution in [0.2, 0.25) is 0 Å². The van der Waals surface area contributed by atoms with Gasteiger partial charge in [-0.1, -0.05) is 6.07 Å². The maximum Gasteiger partial charge on any atom is 0.328 e. The van der Waals surface area contributed by atoms with Gasteiger partial charge in [0.1, 0.15) is 0 Å². The highest BCUT2D eigenvalue weighted by molar-refractivity contribution is 7.89. The van der Waals surface area contributed by atoms with Crippen LogP contribution in [0.3, 0.4) is 0 Å². The Labute approximate surface area is 185 Å². The lowest BCUT2D eigenvalue weighted by molar-refractivity contribution is -0.146. The molecule has 2 fully saturated rings. The van der Waals surface area contributed by atoms with E-state index < -0.39 is 45.8 Å². The van der Waals surface area contributed by atoms with E-state index in [1.165, 1.54) is 18.2 Å². The van der Waals surface area contributed by atoms with Crippen molar-refractivity contribution in [1.82, 2.24) is 15.4 Å². The van der Waals surface area contributed by atoms with Crippen molar-refractivity contribution in [3.8, 4) is 5.75 Å². The van der Waals surface area contributed by atoms with Crippen LogP contribution in [0.5, 0.6) is 5.75 Å². The molecule has 0 bridgehead atoms. The summed E-state index contributed by atoms with van der Waals surface area (Å²) in [6.07, 6.45) is 1.19. The molecule has 1 heterocycles. The number of benzene rings is 1. The summed E-state index contributed by atoms with van der Waals surface area (Å²) in [4.78, 5) is 34.1. The number of carbonyl (C=O) groups excluding carboxylic acids is 3. The second kappa shape index (κ2) is 10.4. The van der Waals surface area contributed by atoms with E-state index in [1.807, 2.05) is 10.6 Å². The molecule has 1 saturated carbocycles. The minimum Gasteiger partial charge on any atom is -0.490 e. The highest BCUT2D eigenvalue weighted by atomic mass is 32.2. The summed E-state index contributed by atoms with van der Waals surface area (Å²) < 4.78 is 51.9. The fraction of sp³-hybridized carbons (Fsp3) is 0.550. The van der Waals surface area contributed by atoms with E-state index in [2.05, 4.69) is 4.72 Å². The van der Waals surface area contributed by atoms with Crippen molar-refractivity contribution in [1.29, 1.82) is 0 Å². The van der Waals surface area contributed by atoms with Crippen molar-refractivity contribution in [3.63, 3.8) is 0 Å². The van der Waals surface area contributed by atoms with Crippen molar-refractivity contribution < 1.29 is 36.7 Å². The average molecular weight is 472 g/mol. The number of hydrogen-bond acceptors (Lipinski definition) is 7. The predicted octanol–water partition coefficient (Wildman–Crippen LogP) is 1.13. The molecular formula is C20H26FN3O7S. The van der Waals surface area contributed by atoms with E-state index in [0.717, 1.165) is 12.8 Å². The SMILES string of the molecule is C[C@@H](NS(=O)(=O)CCCCOC1C(=O)NC(=O)NC1=O)c1ccc(F)c(OCC2CC2)c1. The first-order valence-corrected chi connectivity index (χ1v) is 12.0. The molecule has 1 saturated heterocycles. The van der Waals surface area contributed by atoms with Crippen LogP contribution in [0.15, 0.2) is 18.2 Å². The lowest BCUT2D eigenvalue weighted by Crippen LogP contribution is -2.59. The molecule has 1 atom stereocenters. The first kappa shape index (κ1) is 24.1. The Hall–Kier alpha value is -2.57. The number of nitrogens with one attached hydrogen (secondary N) is 3. The topological polar surface area (TPSA) is 140 Å². The molecule has 0 unspecified atom stereocenters. The smallest absolute Gasteiger partial charge is 0.328 e. The molecule has 12 heteroatoms. The van der Waals surface area contributed by atoms with Gasteiger partial charge in [-0.3, -0.25) is 20.2 Å². The number of urea groups is 1. The van der Waals surface area contributed by atoms with Gasteiger partial charge in [-0.15, -0.1) is 0 Å². The number of unbranched alkanes of at least 4 members (excludes halogenated alkanes) is 1. The largest absolute Gasteiger partial charge is 0.490 e. The van der Waals surface area contributed by atoms with Gasteiger partial charge in [0, 0.05) is 12.6 Å². The van der Waals surface area contributed by atoms with Crippen LogP contribution >= 0.6 is 0 Å². The number of rotatable bonds is 12. The normalized spacial score (nSPS) is 18.2. The first-order chi connectivity index (χ1) is 15.1. The molecule has 0 aromatic heterocycles.